The van der Waals surface area contributed by atoms with Gasteiger partial charge in [-0.25, -0.2) is 9.97 Å². The quantitative estimate of drug-likeness (QED) is 0.848. The molecule has 0 aromatic carbocycles. The molecule has 102 valence electrons. The van der Waals surface area contributed by atoms with Gasteiger partial charge < -0.3 is 10.6 Å². The Morgan fingerprint density at radius 2 is 2.00 bits per heavy atom. The van der Waals surface area contributed by atoms with Gasteiger partial charge in [-0.05, 0) is 25.5 Å². The molecule has 0 bridgehead atoms. The van der Waals surface area contributed by atoms with Gasteiger partial charge >= 0.3 is 0 Å². The summed E-state index contributed by atoms with van der Waals surface area (Å²) < 4.78 is 0. The summed E-state index contributed by atoms with van der Waals surface area (Å²) in [5, 5.41) is 6.45. The summed E-state index contributed by atoms with van der Waals surface area (Å²) >= 11 is 1.81. The average molecular weight is 276 g/mol. The Bertz CT molecular complexity index is 536. The van der Waals surface area contributed by atoms with Gasteiger partial charge in [-0.15, -0.1) is 11.3 Å². The van der Waals surface area contributed by atoms with Gasteiger partial charge in [0, 0.05) is 29.3 Å². The lowest BCUT2D eigenvalue weighted by molar-refractivity contribution is 0.835. The monoisotopic (exact) mass is 276 g/mol. The molecule has 0 saturated carbocycles. The summed E-state index contributed by atoms with van der Waals surface area (Å²) in [7, 11) is 1.88. The highest BCUT2D eigenvalue weighted by atomic mass is 32.1. The predicted molar refractivity (Wildman–Crippen MR) is 82.0 cm³/mol. The van der Waals surface area contributed by atoms with Crippen molar-refractivity contribution in [2.24, 2.45) is 0 Å². The van der Waals surface area contributed by atoms with Crippen molar-refractivity contribution in [1.82, 2.24) is 9.97 Å². The van der Waals surface area contributed by atoms with Crippen molar-refractivity contribution in [3.05, 3.63) is 33.8 Å². The average Bonchev–Trinajstić information content (AvgIpc) is 2.82. The third-order valence-electron chi connectivity index (χ3n) is 2.74. The molecule has 0 fully saturated rings. The summed E-state index contributed by atoms with van der Waals surface area (Å²) in [6.07, 6.45) is 1.96. The van der Waals surface area contributed by atoms with Gasteiger partial charge in [0.15, 0.2) is 0 Å². The van der Waals surface area contributed by atoms with Crippen molar-refractivity contribution >= 4 is 23.0 Å². The lowest BCUT2D eigenvalue weighted by atomic mass is 10.3. The van der Waals surface area contributed by atoms with Crippen LogP contribution in [0.15, 0.2) is 18.2 Å². The molecular formula is C14H20N4S. The van der Waals surface area contributed by atoms with Crippen LogP contribution in [0.4, 0.5) is 11.6 Å². The van der Waals surface area contributed by atoms with E-state index in [1.165, 1.54) is 9.75 Å². The maximum Gasteiger partial charge on any atom is 0.133 e. The molecule has 0 atom stereocenters. The van der Waals surface area contributed by atoms with Crippen molar-refractivity contribution < 1.29 is 0 Å². The summed E-state index contributed by atoms with van der Waals surface area (Å²) in [6.45, 7) is 5.07. The number of nitrogens with one attached hydrogen (secondary N) is 2. The van der Waals surface area contributed by atoms with E-state index in [-0.39, 0.29) is 0 Å². The third-order valence-corrected chi connectivity index (χ3v) is 3.74. The van der Waals surface area contributed by atoms with Crippen molar-refractivity contribution in [2.45, 2.75) is 33.2 Å². The van der Waals surface area contributed by atoms with Crippen LogP contribution in [0.1, 0.15) is 28.9 Å². The van der Waals surface area contributed by atoms with Gasteiger partial charge in [0.25, 0.3) is 0 Å². The number of aromatic nitrogens is 2. The van der Waals surface area contributed by atoms with E-state index in [9.17, 15) is 0 Å². The second-order valence-corrected chi connectivity index (χ2v) is 5.79. The minimum Gasteiger partial charge on any atom is -0.373 e. The van der Waals surface area contributed by atoms with Crippen molar-refractivity contribution in [3.8, 4) is 0 Å². The molecule has 5 heteroatoms. The SMILES string of the molecule is CCCc1nc(NC)cc(NCc2ccc(C)s2)n1. The zero-order chi connectivity index (χ0) is 13.7. The number of anilines is 2. The van der Waals surface area contributed by atoms with Gasteiger partial charge in [0.2, 0.25) is 0 Å². The van der Waals surface area contributed by atoms with Gasteiger partial charge in [0.1, 0.15) is 17.5 Å². The van der Waals surface area contributed by atoms with E-state index in [4.69, 9.17) is 0 Å². The first kappa shape index (κ1) is 13.8. The van der Waals surface area contributed by atoms with Gasteiger partial charge in [0.05, 0.1) is 6.54 Å². The smallest absolute Gasteiger partial charge is 0.133 e. The molecule has 0 amide bonds. The molecule has 0 spiro atoms. The lowest BCUT2D eigenvalue weighted by Gasteiger charge is -2.08. The summed E-state index contributed by atoms with van der Waals surface area (Å²) in [6, 6.07) is 6.24. The Kier molecular flexibility index (Phi) is 4.74. The van der Waals surface area contributed by atoms with Crippen molar-refractivity contribution in [1.29, 1.82) is 0 Å². The van der Waals surface area contributed by atoms with Crippen LogP contribution in [-0.4, -0.2) is 17.0 Å². The molecular weight excluding hydrogens is 256 g/mol. The molecule has 2 rings (SSSR count). The Morgan fingerprint density at radius 1 is 1.21 bits per heavy atom. The van der Waals surface area contributed by atoms with E-state index < -0.39 is 0 Å². The van der Waals surface area contributed by atoms with E-state index in [0.29, 0.717) is 0 Å². The molecule has 0 radical (unpaired) electrons. The highest BCUT2D eigenvalue weighted by molar-refractivity contribution is 7.11. The molecule has 4 nitrogen and oxygen atoms in total. The fourth-order valence-electron chi connectivity index (χ4n) is 1.81. The maximum absolute atomic E-state index is 4.54. The van der Waals surface area contributed by atoms with Crippen LogP contribution in [0.25, 0.3) is 0 Å². The van der Waals surface area contributed by atoms with E-state index in [2.05, 4.69) is 46.6 Å². The highest BCUT2D eigenvalue weighted by Crippen LogP contribution is 2.17. The first-order chi connectivity index (χ1) is 9.21. The highest BCUT2D eigenvalue weighted by Gasteiger charge is 2.04. The second-order valence-electron chi connectivity index (χ2n) is 4.42. The minimum absolute atomic E-state index is 0.810. The molecule has 0 saturated heterocycles. The topological polar surface area (TPSA) is 49.8 Å². The molecule has 0 unspecified atom stereocenters. The van der Waals surface area contributed by atoms with Crippen LogP contribution >= 0.6 is 11.3 Å². The Hall–Kier alpha value is -1.62. The number of aryl methyl sites for hydroxylation is 2. The standard InChI is InChI=1S/C14H20N4S/c1-4-5-12-17-13(15-3)8-14(18-12)16-9-11-7-6-10(2)19-11/h6-8H,4-5,9H2,1-3H3,(H2,15,16,17,18). The molecule has 2 aromatic rings. The fraction of sp³-hybridized carbons (Fsp3) is 0.429. The van der Waals surface area contributed by atoms with E-state index in [1.807, 2.05) is 24.5 Å². The Morgan fingerprint density at radius 3 is 2.63 bits per heavy atom. The maximum atomic E-state index is 4.54. The number of rotatable bonds is 6. The van der Waals surface area contributed by atoms with Crippen molar-refractivity contribution in [3.63, 3.8) is 0 Å². The first-order valence-electron chi connectivity index (χ1n) is 6.56. The van der Waals surface area contributed by atoms with Crippen LogP contribution < -0.4 is 10.6 Å². The van der Waals surface area contributed by atoms with Crippen LogP contribution in [0.5, 0.6) is 0 Å². The Balaban J connectivity index is 2.08. The Labute approximate surface area is 118 Å². The van der Waals surface area contributed by atoms with E-state index >= 15 is 0 Å². The van der Waals surface area contributed by atoms with Crippen LogP contribution in [0.2, 0.25) is 0 Å². The zero-order valence-corrected chi connectivity index (χ0v) is 12.5. The number of thiophene rings is 1. The lowest BCUT2D eigenvalue weighted by Crippen LogP contribution is -2.06. The molecule has 0 aliphatic heterocycles. The largest absolute Gasteiger partial charge is 0.373 e. The van der Waals surface area contributed by atoms with E-state index in [1.54, 1.807) is 0 Å². The summed E-state index contributed by atoms with van der Waals surface area (Å²) in [5.74, 6) is 2.64. The molecule has 2 N–H and O–H groups in total. The molecule has 0 aliphatic rings. The number of hydrogen-bond donors (Lipinski definition) is 2. The molecule has 2 heterocycles. The zero-order valence-electron chi connectivity index (χ0n) is 11.7. The minimum atomic E-state index is 0.810. The third kappa shape index (κ3) is 3.92. The van der Waals surface area contributed by atoms with Crippen LogP contribution in [0, 0.1) is 6.92 Å². The summed E-state index contributed by atoms with van der Waals surface area (Å²) in [4.78, 5) is 11.6. The van der Waals surface area contributed by atoms with Crippen molar-refractivity contribution in [2.75, 3.05) is 17.7 Å². The molecule has 19 heavy (non-hydrogen) atoms. The first-order valence-corrected chi connectivity index (χ1v) is 7.37. The normalized spacial score (nSPS) is 10.5. The predicted octanol–water partition coefficient (Wildman–Crippen LogP) is 3.45. The van der Waals surface area contributed by atoms with Gasteiger partial charge in [-0.2, -0.15) is 0 Å². The van der Waals surface area contributed by atoms with Gasteiger partial charge in [-0.3, -0.25) is 0 Å². The molecule has 2 aromatic heterocycles. The second kappa shape index (κ2) is 6.52. The van der Waals surface area contributed by atoms with Gasteiger partial charge in [-0.1, -0.05) is 6.92 Å². The van der Waals surface area contributed by atoms with Crippen LogP contribution in [0.3, 0.4) is 0 Å². The molecule has 0 aliphatic carbocycles. The number of hydrogen-bond acceptors (Lipinski definition) is 5. The summed E-state index contributed by atoms with van der Waals surface area (Å²) in [5.41, 5.74) is 0. The number of nitrogens with zero attached hydrogens (tertiary/aromatic N) is 2. The fourth-order valence-corrected chi connectivity index (χ4v) is 2.64. The van der Waals surface area contributed by atoms with Crippen LogP contribution in [-0.2, 0) is 13.0 Å². The van der Waals surface area contributed by atoms with E-state index in [0.717, 1.165) is 36.8 Å².